The molecule has 1 fully saturated rings. The highest BCUT2D eigenvalue weighted by Crippen LogP contribution is 2.16. The molecule has 0 radical (unpaired) electrons. The van der Waals surface area contributed by atoms with Gasteiger partial charge >= 0.3 is 0 Å². The topological polar surface area (TPSA) is 58.6 Å². The van der Waals surface area contributed by atoms with E-state index in [4.69, 9.17) is 4.74 Å². The lowest BCUT2D eigenvalue weighted by Crippen LogP contribution is -2.49. The zero-order valence-electron chi connectivity index (χ0n) is 12.4. The Labute approximate surface area is 133 Å². The fourth-order valence-corrected chi connectivity index (χ4v) is 2.99. The number of hydrogen-bond donors (Lipinski definition) is 0. The van der Waals surface area contributed by atoms with E-state index in [0.29, 0.717) is 6.42 Å². The Morgan fingerprint density at radius 2 is 2.14 bits per heavy atom. The molecule has 1 aromatic heterocycles. The first-order chi connectivity index (χ1) is 10.8. The van der Waals surface area contributed by atoms with Gasteiger partial charge in [-0.3, -0.25) is 4.79 Å². The Balaban J connectivity index is 1.55. The quantitative estimate of drug-likeness (QED) is 0.854. The van der Waals surface area contributed by atoms with Crippen molar-refractivity contribution in [1.29, 1.82) is 0 Å². The average molecular weight is 318 g/mol. The molecule has 1 aliphatic heterocycles. The lowest BCUT2D eigenvalue weighted by molar-refractivity contribution is -0.130. The molecule has 0 N–H and O–H groups in total. The van der Waals surface area contributed by atoms with Crippen LogP contribution in [0.2, 0.25) is 0 Å². The molecule has 22 heavy (non-hydrogen) atoms. The molecule has 0 atom stereocenters. The Morgan fingerprint density at radius 1 is 1.32 bits per heavy atom. The van der Waals surface area contributed by atoms with E-state index in [-0.39, 0.29) is 5.91 Å². The average Bonchev–Trinajstić information content (AvgIpc) is 3.09. The maximum Gasteiger partial charge on any atom is 0.227 e. The number of amides is 1. The second-order valence-electron chi connectivity index (χ2n) is 5.16. The minimum absolute atomic E-state index is 0.157. The standard InChI is InChI=1S/C15H18N4O2S/c1-21-13-4-2-3-12(9-13)10-15(20)19-7-5-18(6-8-19)14-11-16-22-17-14/h2-4,9,11H,5-8,10H2,1H3. The monoisotopic (exact) mass is 318 g/mol. The number of benzene rings is 1. The van der Waals surface area contributed by atoms with Gasteiger partial charge in [0.25, 0.3) is 0 Å². The van der Waals surface area contributed by atoms with Gasteiger partial charge in [-0.2, -0.15) is 8.75 Å². The minimum atomic E-state index is 0.157. The molecule has 3 rings (SSSR count). The van der Waals surface area contributed by atoms with Crippen LogP contribution in [0.4, 0.5) is 5.82 Å². The number of methoxy groups -OCH3 is 1. The number of nitrogens with zero attached hydrogens (tertiary/aromatic N) is 4. The molecule has 0 unspecified atom stereocenters. The molecule has 1 amide bonds. The van der Waals surface area contributed by atoms with Crippen molar-refractivity contribution in [3.63, 3.8) is 0 Å². The molecule has 1 aromatic carbocycles. The number of carbonyl (C=O) groups is 1. The molecule has 0 aliphatic carbocycles. The van der Waals surface area contributed by atoms with Crippen molar-refractivity contribution < 1.29 is 9.53 Å². The first kappa shape index (κ1) is 14.8. The van der Waals surface area contributed by atoms with Crippen molar-refractivity contribution >= 4 is 23.5 Å². The Hall–Kier alpha value is -2.15. The second kappa shape index (κ2) is 6.74. The van der Waals surface area contributed by atoms with Gasteiger partial charge in [0.2, 0.25) is 5.91 Å². The van der Waals surface area contributed by atoms with E-state index in [1.54, 1.807) is 13.3 Å². The Bertz CT molecular complexity index is 624. The molecule has 2 heterocycles. The number of piperazine rings is 1. The van der Waals surface area contributed by atoms with Gasteiger partial charge in [-0.15, -0.1) is 0 Å². The normalized spacial score (nSPS) is 15.0. The first-order valence-corrected chi connectivity index (χ1v) is 7.92. The van der Waals surface area contributed by atoms with E-state index >= 15 is 0 Å². The van der Waals surface area contributed by atoms with Gasteiger partial charge in [0.1, 0.15) is 5.75 Å². The third-order valence-corrected chi connectivity index (χ3v) is 4.26. The van der Waals surface area contributed by atoms with Gasteiger partial charge in [0, 0.05) is 26.2 Å². The summed E-state index contributed by atoms with van der Waals surface area (Å²) in [5.74, 6) is 1.85. The van der Waals surface area contributed by atoms with Crippen molar-refractivity contribution in [2.75, 3.05) is 38.2 Å². The van der Waals surface area contributed by atoms with E-state index in [0.717, 1.165) is 43.3 Å². The zero-order chi connectivity index (χ0) is 15.4. The van der Waals surface area contributed by atoms with Gasteiger partial charge in [0.05, 0.1) is 31.5 Å². The molecule has 1 saturated heterocycles. The molecular formula is C15H18N4O2S. The van der Waals surface area contributed by atoms with Crippen LogP contribution in [-0.4, -0.2) is 52.8 Å². The third-order valence-electron chi connectivity index (χ3n) is 3.80. The van der Waals surface area contributed by atoms with E-state index in [2.05, 4.69) is 13.6 Å². The van der Waals surface area contributed by atoms with Gasteiger partial charge < -0.3 is 14.5 Å². The smallest absolute Gasteiger partial charge is 0.227 e. The van der Waals surface area contributed by atoms with Crippen LogP contribution in [0.1, 0.15) is 5.56 Å². The summed E-state index contributed by atoms with van der Waals surface area (Å²) in [5, 5.41) is 0. The number of anilines is 1. The highest BCUT2D eigenvalue weighted by Gasteiger charge is 2.22. The Morgan fingerprint density at radius 3 is 2.82 bits per heavy atom. The maximum absolute atomic E-state index is 12.4. The first-order valence-electron chi connectivity index (χ1n) is 7.19. The number of ether oxygens (including phenoxy) is 1. The van der Waals surface area contributed by atoms with Crippen LogP contribution < -0.4 is 9.64 Å². The van der Waals surface area contributed by atoms with Crippen molar-refractivity contribution in [2.45, 2.75) is 6.42 Å². The van der Waals surface area contributed by atoms with Crippen LogP contribution in [0.15, 0.2) is 30.5 Å². The summed E-state index contributed by atoms with van der Waals surface area (Å²) in [6.45, 7) is 3.05. The number of aromatic nitrogens is 2. The van der Waals surface area contributed by atoms with Crippen LogP contribution in [0.5, 0.6) is 5.75 Å². The van der Waals surface area contributed by atoms with Crippen molar-refractivity contribution in [2.24, 2.45) is 0 Å². The van der Waals surface area contributed by atoms with E-state index in [1.807, 2.05) is 29.2 Å². The number of carbonyl (C=O) groups excluding carboxylic acids is 1. The molecule has 1 aliphatic rings. The summed E-state index contributed by atoms with van der Waals surface area (Å²) >= 11 is 1.21. The summed E-state index contributed by atoms with van der Waals surface area (Å²) in [6, 6.07) is 7.66. The molecule has 2 aromatic rings. The predicted molar refractivity (Wildman–Crippen MR) is 85.4 cm³/mol. The van der Waals surface area contributed by atoms with Crippen LogP contribution in [0.25, 0.3) is 0 Å². The summed E-state index contributed by atoms with van der Waals surface area (Å²) in [4.78, 5) is 16.5. The van der Waals surface area contributed by atoms with Gasteiger partial charge in [0.15, 0.2) is 5.82 Å². The van der Waals surface area contributed by atoms with Crippen molar-refractivity contribution in [1.82, 2.24) is 13.6 Å². The molecular weight excluding hydrogens is 300 g/mol. The fourth-order valence-electron chi connectivity index (χ4n) is 2.55. The molecule has 7 heteroatoms. The lowest BCUT2D eigenvalue weighted by Gasteiger charge is -2.34. The Kier molecular flexibility index (Phi) is 4.53. The van der Waals surface area contributed by atoms with Gasteiger partial charge in [-0.05, 0) is 17.7 Å². The maximum atomic E-state index is 12.4. The number of rotatable bonds is 4. The van der Waals surface area contributed by atoms with Crippen LogP contribution in [-0.2, 0) is 11.2 Å². The highest BCUT2D eigenvalue weighted by atomic mass is 32.1. The highest BCUT2D eigenvalue weighted by molar-refractivity contribution is 6.99. The molecule has 0 saturated carbocycles. The largest absolute Gasteiger partial charge is 0.497 e. The van der Waals surface area contributed by atoms with Crippen LogP contribution in [0, 0.1) is 0 Å². The molecule has 0 spiro atoms. The molecule has 0 bridgehead atoms. The zero-order valence-corrected chi connectivity index (χ0v) is 13.3. The van der Waals surface area contributed by atoms with E-state index < -0.39 is 0 Å². The summed E-state index contributed by atoms with van der Waals surface area (Å²) in [5.41, 5.74) is 0.982. The summed E-state index contributed by atoms with van der Waals surface area (Å²) in [7, 11) is 1.63. The summed E-state index contributed by atoms with van der Waals surface area (Å²) in [6.07, 6.45) is 2.19. The van der Waals surface area contributed by atoms with Crippen molar-refractivity contribution in [3.8, 4) is 5.75 Å². The van der Waals surface area contributed by atoms with Crippen LogP contribution >= 0.6 is 11.7 Å². The lowest BCUT2D eigenvalue weighted by atomic mass is 10.1. The van der Waals surface area contributed by atoms with Gasteiger partial charge in [-0.1, -0.05) is 12.1 Å². The molecule has 116 valence electrons. The van der Waals surface area contributed by atoms with Gasteiger partial charge in [-0.25, -0.2) is 0 Å². The fraction of sp³-hybridized carbons (Fsp3) is 0.400. The summed E-state index contributed by atoms with van der Waals surface area (Å²) < 4.78 is 13.4. The molecule has 6 nitrogen and oxygen atoms in total. The second-order valence-corrected chi connectivity index (χ2v) is 5.72. The minimum Gasteiger partial charge on any atom is -0.497 e. The van der Waals surface area contributed by atoms with E-state index in [1.165, 1.54) is 11.7 Å². The van der Waals surface area contributed by atoms with Crippen molar-refractivity contribution in [3.05, 3.63) is 36.0 Å². The van der Waals surface area contributed by atoms with E-state index in [9.17, 15) is 4.79 Å². The number of hydrogen-bond acceptors (Lipinski definition) is 6. The van der Waals surface area contributed by atoms with Crippen LogP contribution in [0.3, 0.4) is 0 Å². The predicted octanol–water partition coefficient (Wildman–Crippen LogP) is 1.44. The third kappa shape index (κ3) is 3.36. The SMILES string of the molecule is COc1cccc(CC(=O)N2CCN(c3cnsn3)CC2)c1.